The van der Waals surface area contributed by atoms with Crippen molar-refractivity contribution in [2.24, 2.45) is 5.73 Å². The predicted octanol–water partition coefficient (Wildman–Crippen LogP) is 0.494. The number of nitro groups is 1. The number of non-ortho nitro benzene ring substituents is 1. The van der Waals surface area contributed by atoms with Crippen molar-refractivity contribution < 1.29 is 9.72 Å². The second-order valence-corrected chi connectivity index (χ2v) is 2.10. The molecule has 61 valence electrons. The molecule has 0 fully saturated rings. The van der Waals surface area contributed by atoms with E-state index in [1.54, 1.807) is 0 Å². The average Bonchev–Trinajstić information content (AvgIpc) is 2.04. The molecule has 0 spiro atoms. The van der Waals surface area contributed by atoms with Crippen LogP contribution in [0.25, 0.3) is 0 Å². The Morgan fingerprint density at radius 2 is 2.25 bits per heavy atom. The highest BCUT2D eigenvalue weighted by atomic mass is 16.6. The molecule has 12 heavy (non-hydrogen) atoms. The molecule has 1 radical (unpaired) electrons. The number of benzene rings is 1. The van der Waals surface area contributed by atoms with Gasteiger partial charge in [0.25, 0.3) is 5.69 Å². The Bertz CT molecular complexity index is 306. The number of hydrogen-bond acceptors (Lipinski definition) is 3. The summed E-state index contributed by atoms with van der Waals surface area (Å²) in [6.45, 7) is 0. The molecule has 1 amide bonds. The van der Waals surface area contributed by atoms with Crippen LogP contribution in [-0.4, -0.2) is 10.8 Å². The molecule has 0 aromatic heterocycles. The van der Waals surface area contributed by atoms with Crippen LogP contribution in [0.1, 0.15) is 10.4 Å². The minimum absolute atomic E-state index is 0.0872. The molecule has 5 heteroatoms. The zero-order chi connectivity index (χ0) is 9.14. The minimum atomic E-state index is -0.699. The van der Waals surface area contributed by atoms with E-state index in [2.05, 4.69) is 6.07 Å². The highest BCUT2D eigenvalue weighted by Gasteiger charge is 2.07. The fourth-order valence-electron chi connectivity index (χ4n) is 0.707. The standard InChI is InChI=1S/C7H5N2O3/c8-7(10)5-2-1-3-6(4-5)9(11)12/h2-4H,(H2,8,10). The lowest BCUT2D eigenvalue weighted by Gasteiger charge is -1.93. The second-order valence-electron chi connectivity index (χ2n) is 2.10. The first-order valence-corrected chi connectivity index (χ1v) is 3.06. The summed E-state index contributed by atoms with van der Waals surface area (Å²) < 4.78 is 0. The summed E-state index contributed by atoms with van der Waals surface area (Å²) in [4.78, 5) is 20.2. The lowest BCUT2D eigenvalue weighted by Crippen LogP contribution is -2.10. The molecular formula is C7H5N2O3. The summed E-state index contributed by atoms with van der Waals surface area (Å²) in [6, 6.07) is 6.03. The molecule has 1 aromatic carbocycles. The monoisotopic (exact) mass is 165 g/mol. The third kappa shape index (κ3) is 1.57. The van der Waals surface area contributed by atoms with Gasteiger partial charge in [-0.1, -0.05) is 0 Å². The maximum atomic E-state index is 10.6. The lowest BCUT2D eigenvalue weighted by atomic mass is 10.2. The van der Waals surface area contributed by atoms with Crippen LogP contribution in [0.3, 0.4) is 0 Å². The Morgan fingerprint density at radius 3 is 2.75 bits per heavy atom. The normalized spacial score (nSPS) is 9.33. The SMILES string of the molecule is NC(=O)c1c[c]cc([N+](=O)[O-])c1. The molecule has 1 rings (SSSR count). The molecule has 0 aliphatic carbocycles. The van der Waals surface area contributed by atoms with Crippen molar-refractivity contribution in [2.45, 2.75) is 0 Å². The number of carbonyl (C=O) groups excluding carboxylic acids is 1. The summed E-state index contributed by atoms with van der Waals surface area (Å²) in [5, 5.41) is 10.2. The Balaban J connectivity index is 3.12. The maximum Gasteiger partial charge on any atom is 0.270 e. The van der Waals surface area contributed by atoms with Crippen LogP contribution in [0.2, 0.25) is 0 Å². The van der Waals surface area contributed by atoms with Crippen molar-refractivity contribution in [1.29, 1.82) is 0 Å². The number of carbonyl (C=O) groups is 1. The Morgan fingerprint density at radius 1 is 1.58 bits per heavy atom. The smallest absolute Gasteiger partial charge is 0.270 e. The van der Waals surface area contributed by atoms with Crippen LogP contribution in [0.5, 0.6) is 0 Å². The first-order chi connectivity index (χ1) is 5.61. The van der Waals surface area contributed by atoms with Gasteiger partial charge in [0.05, 0.1) is 4.92 Å². The summed E-state index contributed by atoms with van der Waals surface area (Å²) in [7, 11) is 0. The van der Waals surface area contributed by atoms with E-state index in [0.29, 0.717) is 0 Å². The van der Waals surface area contributed by atoms with Crippen LogP contribution in [0, 0.1) is 16.2 Å². The molecular weight excluding hydrogens is 160 g/mol. The van der Waals surface area contributed by atoms with Crippen molar-refractivity contribution in [1.82, 2.24) is 0 Å². The van der Waals surface area contributed by atoms with E-state index in [1.807, 2.05) is 0 Å². The van der Waals surface area contributed by atoms with E-state index >= 15 is 0 Å². The topological polar surface area (TPSA) is 86.2 Å². The first-order valence-electron chi connectivity index (χ1n) is 3.06. The van der Waals surface area contributed by atoms with Crippen molar-refractivity contribution in [3.63, 3.8) is 0 Å². The molecule has 0 bridgehead atoms. The summed E-state index contributed by atoms with van der Waals surface area (Å²) >= 11 is 0. The van der Waals surface area contributed by atoms with Gasteiger partial charge in [-0.3, -0.25) is 14.9 Å². The lowest BCUT2D eigenvalue weighted by molar-refractivity contribution is -0.384. The van der Waals surface area contributed by atoms with Gasteiger partial charge in [-0.05, 0) is 12.1 Å². The number of nitrogens with zero attached hydrogens (tertiary/aromatic N) is 1. The quantitative estimate of drug-likeness (QED) is 0.511. The van der Waals surface area contributed by atoms with Crippen LogP contribution >= 0.6 is 0 Å². The van der Waals surface area contributed by atoms with Crippen LogP contribution in [-0.2, 0) is 0 Å². The Hall–Kier alpha value is -1.91. The summed E-state index contributed by atoms with van der Waals surface area (Å²) in [5.74, 6) is -0.699. The van der Waals surface area contributed by atoms with Gasteiger partial charge in [-0.15, -0.1) is 0 Å². The zero-order valence-corrected chi connectivity index (χ0v) is 5.98. The highest BCUT2D eigenvalue weighted by Crippen LogP contribution is 2.11. The van der Waals surface area contributed by atoms with E-state index in [1.165, 1.54) is 12.1 Å². The number of amides is 1. The molecule has 0 unspecified atom stereocenters. The van der Waals surface area contributed by atoms with Crippen molar-refractivity contribution in [2.75, 3.05) is 0 Å². The Labute approximate surface area is 68.0 Å². The number of primary amides is 1. The molecule has 5 nitrogen and oxygen atoms in total. The Kier molecular flexibility index (Phi) is 2.05. The van der Waals surface area contributed by atoms with Crippen LogP contribution in [0.15, 0.2) is 18.2 Å². The predicted molar refractivity (Wildman–Crippen MR) is 40.5 cm³/mol. The van der Waals surface area contributed by atoms with Gasteiger partial charge in [0.15, 0.2) is 0 Å². The molecule has 2 N–H and O–H groups in total. The van der Waals surface area contributed by atoms with Gasteiger partial charge in [0.2, 0.25) is 5.91 Å². The van der Waals surface area contributed by atoms with Gasteiger partial charge in [0, 0.05) is 17.7 Å². The number of nitro benzene ring substituents is 1. The van der Waals surface area contributed by atoms with E-state index in [-0.39, 0.29) is 11.3 Å². The molecule has 0 saturated carbocycles. The molecule has 1 aromatic rings. The van der Waals surface area contributed by atoms with E-state index < -0.39 is 10.8 Å². The van der Waals surface area contributed by atoms with E-state index in [9.17, 15) is 14.9 Å². The van der Waals surface area contributed by atoms with Crippen molar-refractivity contribution >= 4 is 11.6 Å². The maximum absolute atomic E-state index is 10.6. The molecule has 0 saturated heterocycles. The van der Waals surface area contributed by atoms with Crippen LogP contribution in [0.4, 0.5) is 5.69 Å². The summed E-state index contributed by atoms with van der Waals surface area (Å²) in [5.41, 5.74) is 4.80. The van der Waals surface area contributed by atoms with E-state index in [4.69, 9.17) is 5.73 Å². The third-order valence-electron chi connectivity index (χ3n) is 1.27. The van der Waals surface area contributed by atoms with E-state index in [0.717, 1.165) is 6.07 Å². The number of hydrogen-bond donors (Lipinski definition) is 1. The third-order valence-corrected chi connectivity index (χ3v) is 1.27. The largest absolute Gasteiger partial charge is 0.366 e. The number of nitrogens with two attached hydrogens (primary N) is 1. The molecule has 0 heterocycles. The highest BCUT2D eigenvalue weighted by molar-refractivity contribution is 5.93. The van der Waals surface area contributed by atoms with Crippen LogP contribution < -0.4 is 5.73 Å². The van der Waals surface area contributed by atoms with Crippen molar-refractivity contribution in [3.05, 3.63) is 39.9 Å². The molecule has 0 aliphatic rings. The molecule has 0 aliphatic heterocycles. The van der Waals surface area contributed by atoms with Gasteiger partial charge >= 0.3 is 0 Å². The van der Waals surface area contributed by atoms with Gasteiger partial charge in [-0.2, -0.15) is 0 Å². The zero-order valence-electron chi connectivity index (χ0n) is 5.98. The fourth-order valence-corrected chi connectivity index (χ4v) is 0.707. The first kappa shape index (κ1) is 8.19. The van der Waals surface area contributed by atoms with Gasteiger partial charge in [-0.25, -0.2) is 0 Å². The minimum Gasteiger partial charge on any atom is -0.366 e. The second kappa shape index (κ2) is 3.00. The van der Waals surface area contributed by atoms with Gasteiger partial charge < -0.3 is 5.73 Å². The summed E-state index contributed by atoms with van der Waals surface area (Å²) in [6.07, 6.45) is 0. The van der Waals surface area contributed by atoms with Gasteiger partial charge in [0.1, 0.15) is 0 Å². The van der Waals surface area contributed by atoms with Crippen molar-refractivity contribution in [3.8, 4) is 0 Å². The average molecular weight is 165 g/mol. The molecule has 0 atom stereocenters. The fraction of sp³-hybridized carbons (Fsp3) is 0. The number of rotatable bonds is 2.